The molecule has 1 heterocycles. The Balaban J connectivity index is 1.70. The molecule has 3 aromatic rings. The Morgan fingerprint density at radius 3 is 2.58 bits per heavy atom. The molecule has 10 heteroatoms. The van der Waals surface area contributed by atoms with Crippen LogP contribution in [0.2, 0.25) is 0 Å². The van der Waals surface area contributed by atoms with Crippen LogP contribution in [0.5, 0.6) is 0 Å². The lowest BCUT2D eigenvalue weighted by Gasteiger charge is -2.14. The smallest absolute Gasteiger partial charge is 0.328 e. The highest BCUT2D eigenvalue weighted by atomic mass is 35.5. The van der Waals surface area contributed by atoms with E-state index in [1.807, 2.05) is 11.6 Å². The van der Waals surface area contributed by atoms with Gasteiger partial charge in [-0.05, 0) is 36.2 Å². The van der Waals surface area contributed by atoms with Gasteiger partial charge in [0.1, 0.15) is 5.50 Å². The molecule has 1 aromatic heterocycles. The molecule has 0 aliphatic rings. The summed E-state index contributed by atoms with van der Waals surface area (Å²) in [5.41, 5.74) is 0.373. The highest BCUT2D eigenvalue weighted by Crippen LogP contribution is 2.19. The Hall–Kier alpha value is -2.91. The minimum absolute atomic E-state index is 0.0439. The molecule has 0 bridgehead atoms. The van der Waals surface area contributed by atoms with Crippen molar-refractivity contribution < 1.29 is 13.2 Å². The standard InChI is InChI=1S/C21H23ClN4O4S/c1-2-3-12-23-21(28)25-31(29,30)16-10-8-15(9-11-16)13-19(22)26-14-24-18-7-5-4-6-17(18)20(26)27/h4-11,14,19H,2-3,12-13H2,1H3,(H2,23,25,28). The molecule has 31 heavy (non-hydrogen) atoms. The predicted molar refractivity (Wildman–Crippen MR) is 120 cm³/mol. The number of sulfonamides is 1. The third-order valence-electron chi connectivity index (χ3n) is 4.67. The molecule has 2 N–H and O–H groups in total. The zero-order chi connectivity index (χ0) is 22.4. The molecule has 1 atom stereocenters. The predicted octanol–water partition coefficient (Wildman–Crippen LogP) is 3.16. The van der Waals surface area contributed by atoms with E-state index in [9.17, 15) is 18.0 Å². The number of urea groups is 1. The maximum absolute atomic E-state index is 12.7. The molecular formula is C21H23ClN4O4S. The van der Waals surface area contributed by atoms with Gasteiger partial charge in [-0.15, -0.1) is 0 Å². The Labute approximate surface area is 185 Å². The molecule has 0 spiro atoms. The largest absolute Gasteiger partial charge is 0.337 e. The average molecular weight is 463 g/mol. The summed E-state index contributed by atoms with van der Waals surface area (Å²) in [5, 5.41) is 2.97. The zero-order valence-electron chi connectivity index (χ0n) is 16.9. The zero-order valence-corrected chi connectivity index (χ0v) is 18.5. The third-order valence-corrected chi connectivity index (χ3v) is 6.38. The SMILES string of the molecule is CCCCNC(=O)NS(=O)(=O)c1ccc(CC(Cl)n2cnc3ccccc3c2=O)cc1. The first-order valence-corrected chi connectivity index (χ1v) is 11.7. The molecule has 2 amide bonds. The molecule has 2 aromatic carbocycles. The van der Waals surface area contributed by atoms with Crippen LogP contribution < -0.4 is 15.6 Å². The summed E-state index contributed by atoms with van der Waals surface area (Å²) in [6, 6.07) is 12.2. The lowest BCUT2D eigenvalue weighted by molar-refractivity contribution is 0.245. The third kappa shape index (κ3) is 5.62. The Morgan fingerprint density at radius 1 is 1.16 bits per heavy atom. The monoisotopic (exact) mass is 462 g/mol. The first-order valence-electron chi connectivity index (χ1n) is 9.81. The number of para-hydroxylation sites is 1. The van der Waals surface area contributed by atoms with Crippen LogP contribution in [-0.2, 0) is 16.4 Å². The van der Waals surface area contributed by atoms with Gasteiger partial charge in [0.05, 0.1) is 22.1 Å². The second-order valence-corrected chi connectivity index (χ2v) is 9.16. The van der Waals surface area contributed by atoms with E-state index >= 15 is 0 Å². The van der Waals surface area contributed by atoms with Crippen molar-refractivity contribution in [2.24, 2.45) is 0 Å². The van der Waals surface area contributed by atoms with Crippen LogP contribution in [0.3, 0.4) is 0 Å². The van der Waals surface area contributed by atoms with Gasteiger partial charge < -0.3 is 5.32 Å². The van der Waals surface area contributed by atoms with Crippen LogP contribution in [0.4, 0.5) is 4.79 Å². The molecule has 164 valence electrons. The number of amides is 2. The Bertz CT molecular complexity index is 1230. The van der Waals surface area contributed by atoms with E-state index in [-0.39, 0.29) is 16.9 Å². The van der Waals surface area contributed by atoms with Gasteiger partial charge in [-0.1, -0.05) is 49.2 Å². The van der Waals surface area contributed by atoms with E-state index in [4.69, 9.17) is 11.6 Å². The van der Waals surface area contributed by atoms with E-state index in [1.165, 1.54) is 23.0 Å². The van der Waals surface area contributed by atoms with Crippen LogP contribution in [0.15, 0.2) is 64.5 Å². The lowest BCUT2D eigenvalue weighted by Crippen LogP contribution is -2.39. The number of unbranched alkanes of at least 4 members (excludes halogenated alkanes) is 1. The molecule has 8 nitrogen and oxygen atoms in total. The number of hydrogen-bond acceptors (Lipinski definition) is 5. The number of rotatable bonds is 8. The summed E-state index contributed by atoms with van der Waals surface area (Å²) in [7, 11) is -3.99. The molecule has 3 rings (SSSR count). The van der Waals surface area contributed by atoms with Gasteiger partial charge in [0, 0.05) is 13.0 Å². The summed E-state index contributed by atoms with van der Waals surface area (Å²) in [5.74, 6) is 0. The van der Waals surface area contributed by atoms with Crippen molar-refractivity contribution in [1.82, 2.24) is 19.6 Å². The fourth-order valence-electron chi connectivity index (χ4n) is 2.98. The van der Waals surface area contributed by atoms with Gasteiger partial charge in [-0.2, -0.15) is 0 Å². The van der Waals surface area contributed by atoms with Crippen molar-refractivity contribution in [3.8, 4) is 0 Å². The van der Waals surface area contributed by atoms with Crippen LogP contribution >= 0.6 is 11.6 Å². The fraction of sp³-hybridized carbons (Fsp3) is 0.286. The number of aromatic nitrogens is 2. The maximum Gasteiger partial charge on any atom is 0.328 e. The summed E-state index contributed by atoms with van der Waals surface area (Å²) in [6.45, 7) is 2.37. The van der Waals surface area contributed by atoms with Gasteiger partial charge in [0.15, 0.2) is 0 Å². The topological polar surface area (TPSA) is 110 Å². The maximum atomic E-state index is 12.7. The van der Waals surface area contributed by atoms with Crippen molar-refractivity contribution in [2.45, 2.75) is 36.6 Å². The van der Waals surface area contributed by atoms with Crippen LogP contribution in [0, 0.1) is 0 Å². The van der Waals surface area contributed by atoms with Crippen LogP contribution in [-0.4, -0.2) is 30.5 Å². The number of carbonyl (C=O) groups excluding carboxylic acids is 1. The number of alkyl halides is 1. The molecule has 0 radical (unpaired) electrons. The highest BCUT2D eigenvalue weighted by molar-refractivity contribution is 7.90. The molecule has 0 fully saturated rings. The van der Waals surface area contributed by atoms with E-state index in [0.717, 1.165) is 18.4 Å². The van der Waals surface area contributed by atoms with Gasteiger partial charge in [-0.25, -0.2) is 22.9 Å². The van der Waals surface area contributed by atoms with Gasteiger partial charge >= 0.3 is 6.03 Å². The molecular weight excluding hydrogens is 440 g/mol. The first kappa shape index (κ1) is 22.8. The van der Waals surface area contributed by atoms with E-state index in [0.29, 0.717) is 17.4 Å². The van der Waals surface area contributed by atoms with Crippen LogP contribution in [0.1, 0.15) is 30.8 Å². The lowest BCUT2D eigenvalue weighted by atomic mass is 10.1. The number of nitrogens with zero attached hydrogens (tertiary/aromatic N) is 2. The Kier molecular flexibility index (Phi) is 7.29. The van der Waals surface area contributed by atoms with Crippen molar-refractivity contribution >= 4 is 38.6 Å². The summed E-state index contributed by atoms with van der Waals surface area (Å²) in [6.07, 6.45) is 3.34. The molecule has 0 aliphatic heterocycles. The summed E-state index contributed by atoms with van der Waals surface area (Å²) in [4.78, 5) is 28.6. The van der Waals surface area contributed by atoms with Crippen LogP contribution in [0.25, 0.3) is 10.9 Å². The average Bonchev–Trinajstić information content (AvgIpc) is 2.74. The molecule has 0 aliphatic carbocycles. The number of fused-ring (bicyclic) bond motifs is 1. The Morgan fingerprint density at radius 2 is 1.87 bits per heavy atom. The summed E-state index contributed by atoms with van der Waals surface area (Å²) < 4.78 is 28.0. The minimum atomic E-state index is -3.99. The number of halogens is 1. The van der Waals surface area contributed by atoms with Gasteiger partial charge in [-0.3, -0.25) is 9.36 Å². The highest BCUT2D eigenvalue weighted by Gasteiger charge is 2.18. The number of nitrogens with one attached hydrogen (secondary N) is 2. The number of benzene rings is 2. The second-order valence-electron chi connectivity index (χ2n) is 6.97. The molecule has 0 saturated carbocycles. The minimum Gasteiger partial charge on any atom is -0.337 e. The van der Waals surface area contributed by atoms with Crippen molar-refractivity contribution in [2.75, 3.05) is 6.54 Å². The van der Waals surface area contributed by atoms with Crippen molar-refractivity contribution in [3.05, 3.63) is 70.8 Å². The molecule has 1 unspecified atom stereocenters. The van der Waals surface area contributed by atoms with Gasteiger partial charge in [0.25, 0.3) is 15.6 Å². The first-order chi connectivity index (χ1) is 14.8. The van der Waals surface area contributed by atoms with Gasteiger partial charge in [0.2, 0.25) is 0 Å². The second kappa shape index (κ2) is 9.93. The number of hydrogen-bond donors (Lipinski definition) is 2. The van der Waals surface area contributed by atoms with E-state index in [2.05, 4.69) is 10.3 Å². The summed E-state index contributed by atoms with van der Waals surface area (Å²) >= 11 is 6.44. The number of carbonyl (C=O) groups is 1. The van der Waals surface area contributed by atoms with Crippen molar-refractivity contribution in [1.29, 1.82) is 0 Å². The molecule has 0 saturated heterocycles. The van der Waals surface area contributed by atoms with Crippen molar-refractivity contribution in [3.63, 3.8) is 0 Å². The van der Waals surface area contributed by atoms with E-state index < -0.39 is 21.6 Å². The van der Waals surface area contributed by atoms with E-state index in [1.54, 1.807) is 36.4 Å². The normalized spacial score (nSPS) is 12.5. The quantitative estimate of drug-likeness (QED) is 0.394. The fourth-order valence-corrected chi connectivity index (χ4v) is 4.22.